The van der Waals surface area contributed by atoms with Gasteiger partial charge in [-0.15, -0.1) is 11.3 Å². The second-order valence-electron chi connectivity index (χ2n) is 4.38. The van der Waals surface area contributed by atoms with Crippen LogP contribution in [0.1, 0.15) is 36.9 Å². The van der Waals surface area contributed by atoms with E-state index in [2.05, 4.69) is 24.1 Å². The first kappa shape index (κ1) is 14.8. The average Bonchev–Trinajstić information content (AvgIpc) is 2.75. The number of hydrogen-bond donors (Lipinski definition) is 1. The van der Waals surface area contributed by atoms with E-state index in [9.17, 15) is 0 Å². The quantitative estimate of drug-likeness (QED) is 0.848. The molecule has 0 spiro atoms. The summed E-state index contributed by atoms with van der Waals surface area (Å²) in [5.74, 6) is 0.297. The number of pyridine rings is 1. The van der Waals surface area contributed by atoms with Crippen molar-refractivity contribution in [3.05, 3.63) is 50.4 Å². The average molecular weight is 315 g/mol. The largest absolute Gasteiger partial charge is 0.310 e. The Hall–Kier alpha value is -0.610. The van der Waals surface area contributed by atoms with Gasteiger partial charge in [0, 0.05) is 29.9 Å². The predicted molar refractivity (Wildman–Crippen MR) is 83.4 cm³/mol. The number of thiophene rings is 1. The van der Waals surface area contributed by atoms with E-state index in [0.29, 0.717) is 5.92 Å². The molecule has 0 fully saturated rings. The van der Waals surface area contributed by atoms with Crippen LogP contribution >= 0.6 is 34.5 Å². The van der Waals surface area contributed by atoms with E-state index in [0.717, 1.165) is 20.8 Å². The van der Waals surface area contributed by atoms with Crippen molar-refractivity contribution in [2.75, 3.05) is 6.54 Å². The van der Waals surface area contributed by atoms with E-state index in [1.807, 2.05) is 30.6 Å². The van der Waals surface area contributed by atoms with Crippen molar-refractivity contribution in [3.63, 3.8) is 0 Å². The summed E-state index contributed by atoms with van der Waals surface area (Å²) in [4.78, 5) is 4.06. The van der Waals surface area contributed by atoms with Crippen molar-refractivity contribution in [3.8, 4) is 0 Å². The third-order valence-corrected chi connectivity index (χ3v) is 4.69. The number of rotatable bonds is 5. The number of hydrogen-bond acceptors (Lipinski definition) is 3. The van der Waals surface area contributed by atoms with Crippen LogP contribution in [-0.4, -0.2) is 11.5 Å². The molecule has 2 nitrogen and oxygen atoms in total. The molecule has 0 radical (unpaired) electrons. The number of halogens is 2. The molecule has 2 unspecified atom stereocenters. The van der Waals surface area contributed by atoms with Crippen molar-refractivity contribution in [2.24, 2.45) is 0 Å². The molecular formula is C14H16Cl2N2S. The highest BCUT2D eigenvalue weighted by atomic mass is 35.5. The van der Waals surface area contributed by atoms with Gasteiger partial charge < -0.3 is 5.32 Å². The minimum Gasteiger partial charge on any atom is -0.310 e. The number of nitrogens with zero attached hydrogens (tertiary/aromatic N) is 1. The number of aromatic nitrogens is 1. The Morgan fingerprint density at radius 3 is 2.53 bits per heavy atom. The summed E-state index contributed by atoms with van der Waals surface area (Å²) in [6.45, 7) is 5.16. The fraction of sp³-hybridized carbons (Fsp3) is 0.357. The smallest absolute Gasteiger partial charge is 0.0992 e. The van der Waals surface area contributed by atoms with Crippen LogP contribution in [0.25, 0.3) is 0 Å². The molecule has 0 aliphatic rings. The lowest BCUT2D eigenvalue weighted by Crippen LogP contribution is -2.25. The van der Waals surface area contributed by atoms with Gasteiger partial charge in [-0.2, -0.15) is 0 Å². The molecule has 102 valence electrons. The lowest BCUT2D eigenvalue weighted by molar-refractivity contribution is 0.480. The van der Waals surface area contributed by atoms with Crippen molar-refractivity contribution in [1.82, 2.24) is 10.3 Å². The van der Waals surface area contributed by atoms with Crippen LogP contribution in [0.4, 0.5) is 0 Å². The molecule has 0 aliphatic carbocycles. The number of nitrogens with one attached hydrogen (secondary N) is 1. The standard InChI is InChI=1S/C14H16Cl2N2S/c1-3-18-13(11-8-12(15)19-14(11)16)9(2)10-4-6-17-7-5-10/h4-9,13,18H,3H2,1-2H3. The van der Waals surface area contributed by atoms with E-state index in [1.54, 1.807) is 0 Å². The fourth-order valence-corrected chi connectivity index (χ4v) is 3.75. The molecule has 0 aromatic carbocycles. The Bertz CT molecular complexity index is 527. The molecule has 2 heterocycles. The lowest BCUT2D eigenvalue weighted by atomic mass is 9.90. The lowest BCUT2D eigenvalue weighted by Gasteiger charge is -2.25. The minimum absolute atomic E-state index is 0.156. The third-order valence-electron chi connectivity index (χ3n) is 3.17. The van der Waals surface area contributed by atoms with Gasteiger partial charge in [0.25, 0.3) is 0 Å². The number of likely N-dealkylation sites (N-methyl/N-ethyl adjacent to an activating group) is 1. The van der Waals surface area contributed by atoms with Gasteiger partial charge in [-0.3, -0.25) is 4.98 Å². The highest BCUT2D eigenvalue weighted by Crippen LogP contribution is 2.40. The molecule has 2 aromatic heterocycles. The van der Waals surface area contributed by atoms with Crippen LogP contribution < -0.4 is 5.32 Å². The van der Waals surface area contributed by atoms with Gasteiger partial charge in [-0.25, -0.2) is 0 Å². The molecule has 2 atom stereocenters. The van der Waals surface area contributed by atoms with Crippen LogP contribution in [-0.2, 0) is 0 Å². The topological polar surface area (TPSA) is 24.9 Å². The molecule has 19 heavy (non-hydrogen) atoms. The summed E-state index contributed by atoms with van der Waals surface area (Å²) < 4.78 is 1.49. The maximum Gasteiger partial charge on any atom is 0.0992 e. The summed E-state index contributed by atoms with van der Waals surface area (Å²) in [6, 6.07) is 6.19. The zero-order valence-corrected chi connectivity index (χ0v) is 13.2. The molecule has 0 saturated carbocycles. The SMILES string of the molecule is CCNC(c1cc(Cl)sc1Cl)C(C)c1ccncc1. The third kappa shape index (κ3) is 3.48. The van der Waals surface area contributed by atoms with Crippen LogP contribution in [0.5, 0.6) is 0 Å². The summed E-state index contributed by atoms with van der Waals surface area (Å²) in [5, 5.41) is 3.49. The first-order chi connectivity index (χ1) is 9.13. The van der Waals surface area contributed by atoms with Gasteiger partial charge >= 0.3 is 0 Å². The van der Waals surface area contributed by atoms with Gasteiger partial charge in [0.15, 0.2) is 0 Å². The second kappa shape index (κ2) is 6.71. The normalized spacial score (nSPS) is 14.3. The molecule has 1 N–H and O–H groups in total. The Morgan fingerprint density at radius 2 is 2.00 bits per heavy atom. The Morgan fingerprint density at radius 1 is 1.32 bits per heavy atom. The zero-order valence-electron chi connectivity index (χ0n) is 10.9. The Kier molecular flexibility index (Phi) is 5.22. The van der Waals surface area contributed by atoms with Gasteiger partial charge in [0.05, 0.1) is 8.67 Å². The van der Waals surface area contributed by atoms with Gasteiger partial charge in [0.2, 0.25) is 0 Å². The predicted octanol–water partition coefficient (Wildman–Crippen LogP) is 4.90. The molecule has 0 aliphatic heterocycles. The molecule has 0 amide bonds. The van der Waals surface area contributed by atoms with Crippen LogP contribution in [0.3, 0.4) is 0 Å². The summed E-state index contributed by atoms with van der Waals surface area (Å²) in [5.41, 5.74) is 2.31. The first-order valence-corrected chi connectivity index (χ1v) is 7.78. The van der Waals surface area contributed by atoms with E-state index >= 15 is 0 Å². The highest BCUT2D eigenvalue weighted by molar-refractivity contribution is 7.20. The van der Waals surface area contributed by atoms with Gasteiger partial charge in [-0.1, -0.05) is 37.0 Å². The Balaban J connectivity index is 2.32. The van der Waals surface area contributed by atoms with E-state index in [1.165, 1.54) is 16.9 Å². The van der Waals surface area contributed by atoms with Crippen molar-refractivity contribution in [2.45, 2.75) is 25.8 Å². The minimum atomic E-state index is 0.156. The van der Waals surface area contributed by atoms with Crippen LogP contribution in [0, 0.1) is 0 Å². The van der Waals surface area contributed by atoms with Gasteiger partial charge in [-0.05, 0) is 30.3 Å². The van der Waals surface area contributed by atoms with Crippen molar-refractivity contribution in [1.29, 1.82) is 0 Å². The van der Waals surface area contributed by atoms with E-state index in [-0.39, 0.29) is 6.04 Å². The molecule has 2 aromatic rings. The van der Waals surface area contributed by atoms with E-state index in [4.69, 9.17) is 23.2 Å². The summed E-state index contributed by atoms with van der Waals surface area (Å²) in [6.07, 6.45) is 3.63. The van der Waals surface area contributed by atoms with Crippen molar-refractivity contribution < 1.29 is 0 Å². The molecular weight excluding hydrogens is 299 g/mol. The maximum atomic E-state index is 6.29. The molecule has 5 heteroatoms. The fourth-order valence-electron chi connectivity index (χ4n) is 2.20. The summed E-state index contributed by atoms with van der Waals surface area (Å²) >= 11 is 13.8. The maximum absolute atomic E-state index is 6.29. The van der Waals surface area contributed by atoms with Crippen LogP contribution in [0.15, 0.2) is 30.6 Å². The molecule has 0 saturated heterocycles. The van der Waals surface area contributed by atoms with Crippen LogP contribution in [0.2, 0.25) is 8.67 Å². The second-order valence-corrected chi connectivity index (χ2v) is 6.67. The summed E-state index contributed by atoms with van der Waals surface area (Å²) in [7, 11) is 0. The van der Waals surface area contributed by atoms with E-state index < -0.39 is 0 Å². The van der Waals surface area contributed by atoms with Crippen molar-refractivity contribution >= 4 is 34.5 Å². The van der Waals surface area contributed by atoms with Gasteiger partial charge in [0.1, 0.15) is 0 Å². The Labute approximate surface area is 127 Å². The molecule has 2 rings (SSSR count). The first-order valence-electron chi connectivity index (χ1n) is 6.21. The molecule has 0 bridgehead atoms. The highest BCUT2D eigenvalue weighted by Gasteiger charge is 2.23. The zero-order chi connectivity index (χ0) is 13.8. The monoisotopic (exact) mass is 314 g/mol.